The first-order valence-electron chi connectivity index (χ1n) is 9.92. The fourth-order valence-corrected chi connectivity index (χ4v) is 3.04. The summed E-state index contributed by atoms with van der Waals surface area (Å²) in [6, 6.07) is 8.29. The molecule has 0 atom stereocenters. The molecule has 1 aliphatic heterocycles. The Hall–Kier alpha value is -2.67. The van der Waals surface area contributed by atoms with Crippen LogP contribution < -0.4 is 15.5 Å². The van der Waals surface area contributed by atoms with Gasteiger partial charge in [0.15, 0.2) is 0 Å². The minimum absolute atomic E-state index is 0.135. The number of benzene rings is 1. The number of anilines is 3. The predicted molar refractivity (Wildman–Crippen MR) is 113 cm³/mol. The zero-order chi connectivity index (χ0) is 19.9. The van der Waals surface area contributed by atoms with E-state index in [2.05, 4.69) is 63.4 Å². The first kappa shape index (κ1) is 20.1. The van der Waals surface area contributed by atoms with Crippen molar-refractivity contribution >= 4 is 23.2 Å². The maximum Gasteiger partial charge on any atom is 0.254 e. The molecule has 1 amide bonds. The standard InChI is InChI=1S/C21H30N6O/c1-16(2)8-9-22-20(28)17-14-23-21(24-15-17)25-18-4-6-19(7-5-18)27-12-10-26(3)11-13-27/h4-7,14-16H,8-13H2,1-3H3,(H,22,28)(H,23,24,25). The van der Waals surface area contributed by atoms with Crippen molar-refractivity contribution < 1.29 is 4.79 Å². The lowest BCUT2D eigenvalue weighted by Gasteiger charge is -2.34. The Morgan fingerprint density at radius 2 is 1.71 bits per heavy atom. The molecule has 0 bridgehead atoms. The molecule has 2 aromatic rings. The predicted octanol–water partition coefficient (Wildman–Crippen LogP) is 2.75. The Morgan fingerprint density at radius 1 is 1.07 bits per heavy atom. The number of rotatable bonds is 7. The molecular weight excluding hydrogens is 352 g/mol. The van der Waals surface area contributed by atoms with Crippen molar-refractivity contribution in [1.29, 1.82) is 0 Å². The molecule has 1 aliphatic rings. The average Bonchev–Trinajstić information content (AvgIpc) is 2.69. The highest BCUT2D eigenvalue weighted by Gasteiger charge is 2.14. The van der Waals surface area contributed by atoms with Crippen molar-refractivity contribution in [2.45, 2.75) is 20.3 Å². The molecule has 1 aromatic heterocycles. The van der Waals surface area contributed by atoms with Crippen LogP contribution in [-0.2, 0) is 0 Å². The molecule has 7 nitrogen and oxygen atoms in total. The van der Waals surface area contributed by atoms with Crippen LogP contribution in [0.5, 0.6) is 0 Å². The van der Waals surface area contributed by atoms with Crippen LogP contribution in [0.1, 0.15) is 30.6 Å². The second kappa shape index (κ2) is 9.50. The average molecular weight is 383 g/mol. The van der Waals surface area contributed by atoms with Crippen LogP contribution in [0.15, 0.2) is 36.7 Å². The van der Waals surface area contributed by atoms with Gasteiger partial charge >= 0.3 is 0 Å². The topological polar surface area (TPSA) is 73.4 Å². The van der Waals surface area contributed by atoms with Gasteiger partial charge in [0.2, 0.25) is 5.95 Å². The number of nitrogens with one attached hydrogen (secondary N) is 2. The number of nitrogens with zero attached hydrogens (tertiary/aromatic N) is 4. The molecule has 1 fully saturated rings. The smallest absolute Gasteiger partial charge is 0.254 e. The summed E-state index contributed by atoms with van der Waals surface area (Å²) >= 11 is 0. The third-order valence-electron chi connectivity index (χ3n) is 4.91. The van der Waals surface area contributed by atoms with Gasteiger partial charge in [-0.3, -0.25) is 4.79 Å². The summed E-state index contributed by atoms with van der Waals surface area (Å²) in [4.78, 5) is 25.3. The molecule has 28 heavy (non-hydrogen) atoms. The van der Waals surface area contributed by atoms with E-state index in [-0.39, 0.29) is 5.91 Å². The van der Waals surface area contributed by atoms with E-state index in [9.17, 15) is 4.79 Å². The minimum Gasteiger partial charge on any atom is -0.369 e. The molecule has 1 aromatic carbocycles. The van der Waals surface area contributed by atoms with Crippen LogP contribution in [0.3, 0.4) is 0 Å². The van der Waals surface area contributed by atoms with Gasteiger partial charge in [0, 0.05) is 56.5 Å². The number of carbonyl (C=O) groups is 1. The van der Waals surface area contributed by atoms with Crippen LogP contribution in [-0.4, -0.2) is 60.5 Å². The van der Waals surface area contributed by atoms with Crippen LogP contribution in [0.2, 0.25) is 0 Å². The maximum absolute atomic E-state index is 12.1. The van der Waals surface area contributed by atoms with E-state index < -0.39 is 0 Å². The zero-order valence-electron chi connectivity index (χ0n) is 17.0. The van der Waals surface area contributed by atoms with Crippen molar-refractivity contribution in [1.82, 2.24) is 20.2 Å². The zero-order valence-corrected chi connectivity index (χ0v) is 17.0. The van der Waals surface area contributed by atoms with E-state index in [0.717, 1.165) is 38.3 Å². The lowest BCUT2D eigenvalue weighted by atomic mass is 10.1. The van der Waals surface area contributed by atoms with Crippen LogP contribution >= 0.6 is 0 Å². The Bertz CT molecular complexity index is 751. The largest absolute Gasteiger partial charge is 0.369 e. The highest BCUT2D eigenvalue weighted by atomic mass is 16.1. The Labute approximate surface area is 167 Å². The fraction of sp³-hybridized carbons (Fsp3) is 0.476. The van der Waals surface area contributed by atoms with Crippen molar-refractivity contribution in [3.8, 4) is 0 Å². The van der Waals surface area contributed by atoms with E-state index in [4.69, 9.17) is 0 Å². The molecule has 0 unspecified atom stereocenters. The number of likely N-dealkylation sites (N-methyl/N-ethyl adjacent to an activating group) is 1. The van der Waals surface area contributed by atoms with Crippen molar-refractivity contribution in [2.24, 2.45) is 5.92 Å². The van der Waals surface area contributed by atoms with Crippen LogP contribution in [0, 0.1) is 5.92 Å². The molecule has 7 heteroatoms. The molecule has 2 heterocycles. The highest BCUT2D eigenvalue weighted by molar-refractivity contribution is 5.93. The van der Waals surface area contributed by atoms with E-state index in [1.54, 1.807) is 12.4 Å². The number of piperazine rings is 1. The number of carbonyl (C=O) groups excluding carboxylic acids is 1. The third kappa shape index (κ3) is 5.66. The number of aromatic nitrogens is 2. The van der Waals surface area contributed by atoms with Gasteiger partial charge in [-0.15, -0.1) is 0 Å². The maximum atomic E-state index is 12.1. The fourth-order valence-electron chi connectivity index (χ4n) is 3.04. The second-order valence-corrected chi connectivity index (χ2v) is 7.70. The number of hydrogen-bond acceptors (Lipinski definition) is 6. The van der Waals surface area contributed by atoms with Crippen molar-refractivity contribution in [3.05, 3.63) is 42.2 Å². The minimum atomic E-state index is -0.135. The van der Waals surface area contributed by atoms with Gasteiger partial charge in [0.05, 0.1) is 5.56 Å². The summed E-state index contributed by atoms with van der Waals surface area (Å²) in [5.41, 5.74) is 2.62. The second-order valence-electron chi connectivity index (χ2n) is 7.70. The van der Waals surface area contributed by atoms with Crippen LogP contribution in [0.4, 0.5) is 17.3 Å². The van der Waals surface area contributed by atoms with E-state index >= 15 is 0 Å². The van der Waals surface area contributed by atoms with Crippen molar-refractivity contribution in [3.63, 3.8) is 0 Å². The van der Waals surface area contributed by atoms with Gasteiger partial charge in [0.1, 0.15) is 0 Å². The lowest BCUT2D eigenvalue weighted by Crippen LogP contribution is -2.44. The number of hydrogen-bond donors (Lipinski definition) is 2. The van der Waals surface area contributed by atoms with Gasteiger partial charge < -0.3 is 20.4 Å². The van der Waals surface area contributed by atoms with E-state index in [1.807, 2.05) is 12.1 Å². The van der Waals surface area contributed by atoms with Gasteiger partial charge in [-0.05, 0) is 43.7 Å². The summed E-state index contributed by atoms with van der Waals surface area (Å²) < 4.78 is 0. The SMILES string of the molecule is CC(C)CCNC(=O)c1cnc(Nc2ccc(N3CCN(C)CC3)cc2)nc1. The summed E-state index contributed by atoms with van der Waals surface area (Å²) in [5.74, 6) is 0.903. The Balaban J connectivity index is 1.53. The summed E-state index contributed by atoms with van der Waals surface area (Å²) in [7, 11) is 2.16. The molecule has 0 spiro atoms. The normalized spacial score (nSPS) is 14.9. The first-order chi connectivity index (χ1) is 13.5. The first-order valence-corrected chi connectivity index (χ1v) is 9.92. The van der Waals surface area contributed by atoms with E-state index in [0.29, 0.717) is 24.0 Å². The molecule has 1 saturated heterocycles. The van der Waals surface area contributed by atoms with Crippen molar-refractivity contribution in [2.75, 3.05) is 50.0 Å². The highest BCUT2D eigenvalue weighted by Crippen LogP contribution is 2.20. The molecular formula is C21H30N6O. The van der Waals surface area contributed by atoms with Gasteiger partial charge in [-0.1, -0.05) is 13.8 Å². The van der Waals surface area contributed by atoms with Gasteiger partial charge in [-0.2, -0.15) is 0 Å². The molecule has 150 valence electrons. The molecule has 0 aliphatic carbocycles. The van der Waals surface area contributed by atoms with Crippen LogP contribution in [0.25, 0.3) is 0 Å². The Morgan fingerprint density at radius 3 is 2.32 bits per heavy atom. The summed E-state index contributed by atoms with van der Waals surface area (Å²) in [6.45, 7) is 9.20. The Kier molecular flexibility index (Phi) is 6.81. The molecule has 0 radical (unpaired) electrons. The van der Waals surface area contributed by atoms with Gasteiger partial charge in [-0.25, -0.2) is 9.97 Å². The molecule has 3 rings (SSSR count). The lowest BCUT2D eigenvalue weighted by molar-refractivity contribution is 0.0951. The number of amides is 1. The third-order valence-corrected chi connectivity index (χ3v) is 4.91. The monoisotopic (exact) mass is 382 g/mol. The summed E-state index contributed by atoms with van der Waals surface area (Å²) in [6.07, 6.45) is 4.06. The quantitative estimate of drug-likeness (QED) is 0.767. The molecule has 0 saturated carbocycles. The van der Waals surface area contributed by atoms with Gasteiger partial charge in [0.25, 0.3) is 5.91 Å². The van der Waals surface area contributed by atoms with E-state index in [1.165, 1.54) is 5.69 Å². The molecule has 2 N–H and O–H groups in total. The summed E-state index contributed by atoms with van der Waals surface area (Å²) in [5, 5.41) is 6.08.